The van der Waals surface area contributed by atoms with Crippen LogP contribution in [-0.4, -0.2) is 18.0 Å². The van der Waals surface area contributed by atoms with Crippen molar-refractivity contribution in [3.8, 4) is 5.75 Å². The number of pyridine rings is 1. The van der Waals surface area contributed by atoms with Crippen LogP contribution in [-0.2, 0) is 4.79 Å². The zero-order valence-electron chi connectivity index (χ0n) is 16.7. The number of para-hydroxylation sites is 1. The topological polar surface area (TPSA) is 51.2 Å². The molecule has 0 aliphatic carbocycles. The summed E-state index contributed by atoms with van der Waals surface area (Å²) in [5.74, 6) is 0.714. The summed E-state index contributed by atoms with van der Waals surface area (Å²) in [7, 11) is 1.65. The van der Waals surface area contributed by atoms with E-state index >= 15 is 0 Å². The number of hydrogen-bond donors (Lipinski definition) is 1. The largest absolute Gasteiger partial charge is 0.497 e. The molecule has 0 radical (unpaired) electrons. The Morgan fingerprint density at radius 1 is 0.933 bits per heavy atom. The predicted octanol–water partition coefficient (Wildman–Crippen LogP) is 5.81. The molecule has 0 saturated heterocycles. The fraction of sp³-hybridized carbons (Fsp3) is 0.0769. The molecule has 148 valence electrons. The normalized spacial score (nSPS) is 11.3. The maximum atomic E-state index is 12.9. The molecule has 4 nitrogen and oxygen atoms in total. The second-order valence-corrected chi connectivity index (χ2v) is 6.91. The summed E-state index contributed by atoms with van der Waals surface area (Å²) < 4.78 is 5.23. The minimum atomic E-state index is -0.0863. The molecule has 30 heavy (non-hydrogen) atoms. The zero-order chi connectivity index (χ0) is 20.8. The van der Waals surface area contributed by atoms with Crippen LogP contribution in [0.25, 0.3) is 22.6 Å². The maximum absolute atomic E-state index is 12.9. The van der Waals surface area contributed by atoms with Crippen LogP contribution in [0.15, 0.2) is 91.1 Å². The van der Waals surface area contributed by atoms with E-state index in [0.717, 1.165) is 39.0 Å². The van der Waals surface area contributed by atoms with Crippen LogP contribution in [0.1, 0.15) is 17.5 Å². The lowest BCUT2D eigenvalue weighted by molar-refractivity contribution is -0.115. The van der Waals surface area contributed by atoms with Crippen molar-refractivity contribution in [2.24, 2.45) is 0 Å². The van der Waals surface area contributed by atoms with Gasteiger partial charge in [0.15, 0.2) is 0 Å². The number of aromatic nitrogens is 1. The average Bonchev–Trinajstić information content (AvgIpc) is 2.80. The van der Waals surface area contributed by atoms with E-state index in [1.165, 1.54) is 0 Å². The van der Waals surface area contributed by atoms with Gasteiger partial charge in [0.1, 0.15) is 5.75 Å². The molecule has 0 spiro atoms. The van der Waals surface area contributed by atoms with Crippen molar-refractivity contribution in [1.82, 2.24) is 4.98 Å². The molecule has 0 saturated carbocycles. The number of nitrogens with zero attached hydrogens (tertiary/aromatic N) is 1. The van der Waals surface area contributed by atoms with Crippen LogP contribution < -0.4 is 10.1 Å². The summed E-state index contributed by atoms with van der Waals surface area (Å²) >= 11 is 0. The third-order valence-electron chi connectivity index (χ3n) is 4.86. The monoisotopic (exact) mass is 394 g/mol. The number of anilines is 1. The Kier molecular flexibility index (Phi) is 5.85. The Morgan fingerprint density at radius 2 is 1.70 bits per heavy atom. The molecule has 3 aromatic carbocycles. The number of hydrogen-bond acceptors (Lipinski definition) is 3. The lowest BCUT2D eigenvalue weighted by Crippen LogP contribution is -2.12. The number of carbonyl (C=O) groups is 1. The first-order valence-corrected chi connectivity index (χ1v) is 9.76. The van der Waals surface area contributed by atoms with Gasteiger partial charge in [-0.1, -0.05) is 66.7 Å². The van der Waals surface area contributed by atoms with Crippen LogP contribution in [0.3, 0.4) is 0 Å². The van der Waals surface area contributed by atoms with E-state index in [-0.39, 0.29) is 12.3 Å². The third kappa shape index (κ3) is 4.55. The first-order valence-electron chi connectivity index (χ1n) is 9.76. The van der Waals surface area contributed by atoms with Crippen LogP contribution in [0.2, 0.25) is 0 Å². The Bertz CT molecular complexity index is 1180. The van der Waals surface area contributed by atoms with Gasteiger partial charge >= 0.3 is 0 Å². The number of amides is 1. The molecule has 1 amide bonds. The van der Waals surface area contributed by atoms with E-state index in [2.05, 4.69) is 10.3 Å². The van der Waals surface area contributed by atoms with E-state index in [1.54, 1.807) is 13.3 Å². The van der Waals surface area contributed by atoms with E-state index in [9.17, 15) is 4.79 Å². The molecule has 4 aromatic rings. The smallest absolute Gasteiger partial charge is 0.228 e. The summed E-state index contributed by atoms with van der Waals surface area (Å²) in [5, 5.41) is 4.02. The Balaban J connectivity index is 1.61. The van der Waals surface area contributed by atoms with Crippen molar-refractivity contribution < 1.29 is 9.53 Å². The second-order valence-electron chi connectivity index (χ2n) is 6.91. The van der Waals surface area contributed by atoms with Gasteiger partial charge < -0.3 is 10.1 Å². The van der Waals surface area contributed by atoms with E-state index < -0.39 is 0 Å². The van der Waals surface area contributed by atoms with Crippen molar-refractivity contribution in [3.63, 3.8) is 0 Å². The van der Waals surface area contributed by atoms with Gasteiger partial charge in [-0.3, -0.25) is 9.78 Å². The molecule has 0 fully saturated rings. The van der Waals surface area contributed by atoms with Gasteiger partial charge in [-0.05, 0) is 41.0 Å². The summed E-state index contributed by atoms with van der Waals surface area (Å²) in [5.41, 5.74) is 4.46. The summed E-state index contributed by atoms with van der Waals surface area (Å²) in [6.07, 6.45) is 4.02. The molecule has 1 N–H and O–H groups in total. The molecule has 4 rings (SSSR count). The Labute approximate surface area is 175 Å². The highest BCUT2D eigenvalue weighted by Gasteiger charge is 2.11. The number of rotatable bonds is 6. The van der Waals surface area contributed by atoms with Gasteiger partial charge in [-0.2, -0.15) is 0 Å². The standard InChI is InChI=1S/C26H22N2O2/c1-30-23-14-12-19(13-15-23)17-22(20-7-3-2-4-8-20)18-25(29)28-24-11-5-9-21-10-6-16-27-26(21)24/h2-17H,18H2,1H3,(H,28,29)/b22-17-. The quantitative estimate of drug-likeness (QED) is 0.420. The van der Waals surface area contributed by atoms with Gasteiger partial charge in [-0.15, -0.1) is 0 Å². The zero-order valence-corrected chi connectivity index (χ0v) is 16.7. The highest BCUT2D eigenvalue weighted by Crippen LogP contribution is 2.25. The molecule has 0 atom stereocenters. The average molecular weight is 394 g/mol. The number of ether oxygens (including phenoxy) is 1. The Hall–Kier alpha value is -3.92. The first-order chi connectivity index (χ1) is 14.7. The van der Waals surface area contributed by atoms with Crippen LogP contribution in [0.5, 0.6) is 5.75 Å². The van der Waals surface area contributed by atoms with Gasteiger partial charge in [0.2, 0.25) is 5.91 Å². The number of fused-ring (bicyclic) bond motifs is 1. The van der Waals surface area contributed by atoms with Crippen molar-refractivity contribution in [1.29, 1.82) is 0 Å². The van der Waals surface area contributed by atoms with E-state index in [1.807, 2.05) is 91.0 Å². The fourth-order valence-electron chi connectivity index (χ4n) is 3.36. The molecule has 1 aromatic heterocycles. The first kappa shape index (κ1) is 19.4. The fourth-order valence-corrected chi connectivity index (χ4v) is 3.36. The van der Waals surface area contributed by atoms with E-state index in [4.69, 9.17) is 4.74 Å². The highest BCUT2D eigenvalue weighted by atomic mass is 16.5. The molecule has 0 aliphatic rings. The summed E-state index contributed by atoms with van der Waals surface area (Å²) in [4.78, 5) is 17.3. The van der Waals surface area contributed by atoms with Crippen LogP contribution in [0.4, 0.5) is 5.69 Å². The third-order valence-corrected chi connectivity index (χ3v) is 4.86. The van der Waals surface area contributed by atoms with Crippen LogP contribution in [0, 0.1) is 0 Å². The number of carbonyl (C=O) groups excluding carboxylic acids is 1. The SMILES string of the molecule is COc1ccc(/C=C(/CC(=O)Nc2cccc3cccnc23)c2ccccc2)cc1. The number of nitrogens with one attached hydrogen (secondary N) is 1. The summed E-state index contributed by atoms with van der Waals surface area (Å²) in [6, 6.07) is 27.4. The van der Waals surface area contributed by atoms with Gasteiger partial charge in [0.25, 0.3) is 0 Å². The van der Waals surface area contributed by atoms with E-state index in [0.29, 0.717) is 0 Å². The minimum absolute atomic E-state index is 0.0863. The minimum Gasteiger partial charge on any atom is -0.497 e. The van der Waals surface area contributed by atoms with Gasteiger partial charge in [0.05, 0.1) is 24.7 Å². The van der Waals surface area contributed by atoms with Gasteiger partial charge in [0, 0.05) is 11.6 Å². The number of benzene rings is 3. The Morgan fingerprint density at radius 3 is 2.47 bits per heavy atom. The lowest BCUT2D eigenvalue weighted by atomic mass is 9.99. The molecule has 4 heteroatoms. The maximum Gasteiger partial charge on any atom is 0.228 e. The van der Waals surface area contributed by atoms with Crippen molar-refractivity contribution in [2.45, 2.75) is 6.42 Å². The highest BCUT2D eigenvalue weighted by molar-refractivity contribution is 6.05. The molecular weight excluding hydrogens is 372 g/mol. The van der Waals surface area contributed by atoms with Crippen molar-refractivity contribution >= 4 is 34.1 Å². The molecular formula is C26H22N2O2. The van der Waals surface area contributed by atoms with Crippen molar-refractivity contribution in [3.05, 3.63) is 102 Å². The van der Waals surface area contributed by atoms with Crippen molar-refractivity contribution in [2.75, 3.05) is 12.4 Å². The van der Waals surface area contributed by atoms with Gasteiger partial charge in [-0.25, -0.2) is 0 Å². The second kappa shape index (κ2) is 9.05. The lowest BCUT2D eigenvalue weighted by Gasteiger charge is -2.11. The molecule has 0 unspecified atom stereocenters. The predicted molar refractivity (Wildman–Crippen MR) is 122 cm³/mol. The number of methoxy groups -OCH3 is 1. The van der Waals surface area contributed by atoms with Crippen LogP contribution >= 0.6 is 0 Å². The summed E-state index contributed by atoms with van der Waals surface area (Å²) in [6.45, 7) is 0. The molecule has 0 aliphatic heterocycles. The molecule has 0 bridgehead atoms. The molecule has 1 heterocycles.